The highest BCUT2D eigenvalue weighted by Crippen LogP contribution is 2.53. The first kappa shape index (κ1) is 64.6. The van der Waals surface area contributed by atoms with Crippen LogP contribution in [0.4, 0.5) is 0 Å². The minimum absolute atomic E-state index is 0.914. The van der Waals surface area contributed by atoms with E-state index < -0.39 is 0 Å². The molecule has 0 N–H and O–H groups in total. The minimum atomic E-state index is 0.914. The van der Waals surface area contributed by atoms with Gasteiger partial charge in [0.1, 0.15) is 16.6 Å². The maximum absolute atomic E-state index is 5.38. The number of nitrogens with zero attached hydrogens (tertiary/aromatic N) is 9. The summed E-state index contributed by atoms with van der Waals surface area (Å²) in [4.78, 5) is 31.4. The normalized spacial score (nSPS) is 12.5. The fourth-order valence-corrected chi connectivity index (χ4v) is 24.6. The van der Waals surface area contributed by atoms with E-state index in [4.69, 9.17) is 29.9 Å². The number of rotatable bonds is 3. The number of aromatic nitrogens is 9. The molecule has 0 saturated heterocycles. The average molecular weight is 1580 g/mol. The molecule has 13 heterocycles. The molecule has 0 aliphatic heterocycles. The Morgan fingerprint density at radius 2 is 0.613 bits per heavy atom. The van der Waals surface area contributed by atoms with Crippen molar-refractivity contribution in [3.63, 3.8) is 0 Å². The molecule has 0 unspecified atom stereocenters. The highest BCUT2D eigenvalue weighted by Gasteiger charge is 2.29. The van der Waals surface area contributed by atoms with Crippen LogP contribution in [0.25, 0.3) is 273 Å². The number of hydrogen-bond acceptors (Lipinski definition) is 10. The molecule has 13 aromatic heterocycles. The van der Waals surface area contributed by atoms with Crippen LogP contribution in [0, 0.1) is 0 Å². The smallest absolute Gasteiger partial charge is 0.165 e. The van der Waals surface area contributed by atoms with Gasteiger partial charge in [0.2, 0.25) is 0 Å². The largest absolute Gasteiger partial charge is 0.291 e. The van der Waals surface area contributed by atoms with E-state index in [0.29, 0.717) is 0 Å². The van der Waals surface area contributed by atoms with Crippen molar-refractivity contribution in [2.24, 2.45) is 0 Å². The van der Waals surface area contributed by atoms with E-state index in [1.807, 2.05) is 75.7 Å². The van der Waals surface area contributed by atoms with Crippen molar-refractivity contribution >= 4 is 285 Å². The predicted molar refractivity (Wildman–Crippen MR) is 508 cm³/mol. The van der Waals surface area contributed by atoms with Crippen LogP contribution in [0.2, 0.25) is 0 Å². The lowest BCUT2D eigenvalue weighted by Gasteiger charge is -2.08. The second-order valence-corrected chi connectivity index (χ2v) is 35.7. The maximum atomic E-state index is 5.38. The summed E-state index contributed by atoms with van der Waals surface area (Å²) in [6.07, 6.45) is 0. The van der Waals surface area contributed by atoms with Crippen molar-refractivity contribution in [2.75, 3.05) is 0 Å². The van der Waals surface area contributed by atoms with Gasteiger partial charge >= 0.3 is 0 Å². The molecule has 0 fully saturated rings. The van der Waals surface area contributed by atoms with E-state index in [1.54, 1.807) is 0 Å². The molecule has 30 aromatic rings. The number of fused-ring (bicyclic) bond motifs is 37. The molecule has 9 nitrogen and oxygen atoms in total. The minimum Gasteiger partial charge on any atom is -0.291 e. The Hall–Kier alpha value is -14.7. The number of thiophene rings is 4. The van der Waals surface area contributed by atoms with Gasteiger partial charge in [0.15, 0.2) is 16.9 Å². The highest BCUT2D eigenvalue weighted by atomic mass is 32.1. The van der Waals surface area contributed by atoms with Crippen molar-refractivity contribution in [2.45, 2.75) is 0 Å². The van der Waals surface area contributed by atoms with Crippen molar-refractivity contribution in [1.82, 2.24) is 43.1 Å². The Bertz CT molecular complexity index is 9680. The van der Waals surface area contributed by atoms with Gasteiger partial charge < -0.3 is 0 Å². The fourth-order valence-electron chi connectivity index (χ4n) is 19.9. The first-order chi connectivity index (χ1) is 59.0. The Kier molecular flexibility index (Phi) is 13.0. The second-order valence-electron chi connectivity index (χ2n) is 31.4. The van der Waals surface area contributed by atoms with E-state index in [-0.39, 0.29) is 0 Å². The van der Waals surface area contributed by atoms with E-state index in [1.165, 1.54) is 201 Å². The van der Waals surface area contributed by atoms with E-state index >= 15 is 0 Å². The van der Waals surface area contributed by atoms with Crippen LogP contribution in [-0.2, 0) is 0 Å². The fraction of sp³-hybridized carbons (Fsp3) is 0. The van der Waals surface area contributed by atoms with Gasteiger partial charge in [-0.1, -0.05) is 212 Å². The monoisotopic (exact) mass is 1580 g/mol. The quantitative estimate of drug-likeness (QED) is 0.175. The van der Waals surface area contributed by atoms with Gasteiger partial charge in [-0.3, -0.25) is 13.2 Å². The summed E-state index contributed by atoms with van der Waals surface area (Å²) in [6, 6.07) is 120. The summed E-state index contributed by atoms with van der Waals surface area (Å²) < 4.78 is 17.6. The van der Waals surface area contributed by atoms with Crippen molar-refractivity contribution in [3.05, 3.63) is 334 Å². The lowest BCUT2D eigenvalue weighted by Crippen LogP contribution is -1.90. The molecule has 0 radical (unpaired) electrons. The van der Waals surface area contributed by atoms with Crippen LogP contribution >= 0.6 is 45.3 Å². The average Bonchev–Trinajstić information content (AvgIpc) is 1.53. The number of para-hydroxylation sites is 5. The molecule has 0 atom stereocenters. The van der Waals surface area contributed by atoms with Crippen LogP contribution in [0.5, 0.6) is 0 Å². The summed E-state index contributed by atoms with van der Waals surface area (Å²) in [7, 11) is 0. The van der Waals surface area contributed by atoms with Crippen molar-refractivity contribution in [1.29, 1.82) is 0 Å². The topological polar surface area (TPSA) is 90.6 Å². The first-order valence-electron chi connectivity index (χ1n) is 40.0. The molecule has 17 aromatic carbocycles. The van der Waals surface area contributed by atoms with Crippen molar-refractivity contribution in [3.8, 4) is 33.4 Å². The lowest BCUT2D eigenvalue weighted by molar-refractivity contribution is 1.28. The Morgan fingerprint density at radius 1 is 0.193 bits per heavy atom. The van der Waals surface area contributed by atoms with E-state index in [2.05, 4.69) is 317 Å². The third-order valence-electron chi connectivity index (χ3n) is 25.1. The molecule has 119 heavy (non-hydrogen) atoms. The summed E-state index contributed by atoms with van der Waals surface area (Å²) in [6.45, 7) is 0. The zero-order valence-electron chi connectivity index (χ0n) is 62.9. The van der Waals surface area contributed by atoms with E-state index in [0.717, 1.165) is 72.2 Å². The molecule has 0 amide bonds. The summed E-state index contributed by atoms with van der Waals surface area (Å²) in [5.74, 6) is 0. The third-order valence-corrected chi connectivity index (χ3v) is 29.8. The second kappa shape index (κ2) is 24.0. The Balaban J connectivity index is 0.0000000930. The standard InChI is InChI=1S/C38H19N3S2.C36H19N3S.C32H17N3S/c1-4-10-29-22(7-1)26-19-33-34(24-9-3-6-12-31(24)43-33)35-36-38(41(29)37(26)35)40-28-18-21(13-15-27(28)39-36)20-14-16-32-25(17-20)23-8-2-5-11-30(23)42-32;1-2-10-22-20(8-1)9-7-12-23(22)21-16-17-30-26(18-21)32-34-27(19-25-24-11-3-6-15-31(24)40-35(25)32)33-36(39(30)34)38-29-14-5-4-13-28(29)37-33;1-2-8-18(9-3-1)19-14-15-26-22(16-19)28-30-23(17-21-20-10-4-7-13-27(20)36-31(21)28)29-32(35(26)30)34-25-12-6-5-11-24(25)33-29/h1-19H;1-19H;1-17H. The molecule has 0 saturated carbocycles. The highest BCUT2D eigenvalue weighted by molar-refractivity contribution is 7.28. The lowest BCUT2D eigenvalue weighted by atomic mass is 9.96. The third kappa shape index (κ3) is 8.99. The molecule has 548 valence electrons. The van der Waals surface area contributed by atoms with Crippen LogP contribution in [0.15, 0.2) is 334 Å². The zero-order chi connectivity index (χ0) is 77.1. The molecule has 0 bridgehead atoms. The molecule has 0 spiro atoms. The predicted octanol–water partition coefficient (Wildman–Crippen LogP) is 30.0. The van der Waals surface area contributed by atoms with Gasteiger partial charge in [-0.15, -0.1) is 45.3 Å². The van der Waals surface area contributed by atoms with Gasteiger partial charge in [-0.05, 0) is 165 Å². The number of benzene rings is 17. The van der Waals surface area contributed by atoms with Gasteiger partial charge in [0.05, 0.1) is 66.2 Å². The van der Waals surface area contributed by atoms with Gasteiger partial charge in [0.25, 0.3) is 0 Å². The van der Waals surface area contributed by atoms with Gasteiger partial charge in [-0.2, -0.15) is 0 Å². The van der Waals surface area contributed by atoms with Crippen LogP contribution in [0.3, 0.4) is 0 Å². The Morgan fingerprint density at radius 3 is 1.27 bits per heavy atom. The number of hydrogen-bond donors (Lipinski definition) is 0. The van der Waals surface area contributed by atoms with Crippen LogP contribution in [-0.4, -0.2) is 43.1 Å². The van der Waals surface area contributed by atoms with Gasteiger partial charge in [0, 0.05) is 129 Å². The van der Waals surface area contributed by atoms with Crippen LogP contribution in [0.1, 0.15) is 0 Å². The molecule has 13 heteroatoms. The molecule has 0 aliphatic carbocycles. The van der Waals surface area contributed by atoms with Crippen molar-refractivity contribution < 1.29 is 0 Å². The van der Waals surface area contributed by atoms with Crippen LogP contribution < -0.4 is 0 Å². The maximum Gasteiger partial charge on any atom is 0.165 e. The first-order valence-corrected chi connectivity index (χ1v) is 43.3. The summed E-state index contributed by atoms with van der Waals surface area (Å²) >= 11 is 7.49. The molecular weight excluding hydrogens is 1530 g/mol. The molecule has 0 aliphatic rings. The van der Waals surface area contributed by atoms with E-state index in [9.17, 15) is 0 Å². The summed E-state index contributed by atoms with van der Waals surface area (Å²) in [5, 5.41) is 24.1. The SMILES string of the molecule is c1ccc(-c2ccc3c(c2)c2c4sc5ccccc5c4cc4c5nc6ccccc6nc5n3c42)cc1.c1ccc2c(-c3ccc4c(c3)c3c5sc6ccccc6c5cc5c6nc7ccccc7nc6n4c53)cccc2c1.c1ccc2c(c1)sc1ccc(-c3ccc4nc5c6c7c(cc8c9ccccc9n(c5nc4c3)c86)sc3ccccc37)cc12. The Labute approximate surface area is 689 Å². The molecular formula is C106H55N9S4. The summed E-state index contributed by atoms with van der Waals surface area (Å²) in [5.41, 5.74) is 25.7. The van der Waals surface area contributed by atoms with Gasteiger partial charge in [-0.25, -0.2) is 29.9 Å². The zero-order valence-corrected chi connectivity index (χ0v) is 66.2. The molecule has 30 rings (SSSR count).